The van der Waals surface area contributed by atoms with Crippen LogP contribution in [0.15, 0.2) is 24.3 Å². The number of hydrogen-bond donors (Lipinski definition) is 2. The second-order valence-corrected chi connectivity index (χ2v) is 6.58. The summed E-state index contributed by atoms with van der Waals surface area (Å²) >= 11 is 6.12. The molecule has 1 aromatic carbocycles. The van der Waals surface area contributed by atoms with Gasteiger partial charge in [0.05, 0.1) is 6.54 Å². The van der Waals surface area contributed by atoms with Crippen LogP contribution < -0.4 is 5.32 Å². The fourth-order valence-electron chi connectivity index (χ4n) is 2.92. The number of benzene rings is 1. The zero-order valence-corrected chi connectivity index (χ0v) is 14.8. The third-order valence-electron chi connectivity index (χ3n) is 4.41. The molecule has 0 aromatic heterocycles. The van der Waals surface area contributed by atoms with Crippen LogP contribution in [0.25, 0.3) is 0 Å². The van der Waals surface area contributed by atoms with Crippen LogP contribution in [0.2, 0.25) is 5.02 Å². The first-order chi connectivity index (χ1) is 11.4. The number of carboxylic acid groups (broad SMARTS) is 1. The van der Waals surface area contributed by atoms with Crippen LogP contribution >= 0.6 is 11.6 Å². The van der Waals surface area contributed by atoms with E-state index in [1.165, 1.54) is 0 Å². The predicted octanol–water partition coefficient (Wildman–Crippen LogP) is 2.42. The molecule has 2 rings (SSSR count). The van der Waals surface area contributed by atoms with Gasteiger partial charge in [0.15, 0.2) is 0 Å². The van der Waals surface area contributed by atoms with Crippen molar-refractivity contribution in [3.63, 3.8) is 0 Å². The largest absolute Gasteiger partial charge is 0.480 e. The van der Waals surface area contributed by atoms with E-state index in [1.54, 1.807) is 18.0 Å². The topological polar surface area (TPSA) is 72.9 Å². The molecular weight excluding hydrogens is 330 g/mol. The van der Waals surface area contributed by atoms with Gasteiger partial charge in [-0.2, -0.15) is 0 Å². The summed E-state index contributed by atoms with van der Waals surface area (Å²) in [5, 5.41) is 12.5. The predicted molar refractivity (Wildman–Crippen MR) is 93.1 cm³/mol. The number of nitrogens with one attached hydrogen (secondary N) is 1. The molecule has 0 radical (unpaired) electrons. The van der Waals surface area contributed by atoms with E-state index in [9.17, 15) is 9.59 Å². The van der Waals surface area contributed by atoms with Crippen LogP contribution in [0.5, 0.6) is 0 Å². The Morgan fingerprint density at radius 1 is 1.33 bits per heavy atom. The zero-order chi connectivity index (χ0) is 17.7. The quantitative estimate of drug-likeness (QED) is 0.789. The van der Waals surface area contributed by atoms with Gasteiger partial charge < -0.3 is 15.3 Å². The zero-order valence-electron chi connectivity index (χ0n) is 14.0. The van der Waals surface area contributed by atoms with E-state index >= 15 is 0 Å². The van der Waals surface area contributed by atoms with Crippen LogP contribution in [0, 0.1) is 0 Å². The second-order valence-electron chi connectivity index (χ2n) is 6.18. The van der Waals surface area contributed by atoms with Crippen LogP contribution in [0.4, 0.5) is 4.79 Å². The number of carbonyl (C=O) groups is 2. The molecule has 2 N–H and O–H groups in total. The minimum Gasteiger partial charge on any atom is -0.480 e. The van der Waals surface area contributed by atoms with E-state index in [-0.39, 0.29) is 24.7 Å². The number of halogens is 1. The van der Waals surface area contributed by atoms with Crippen molar-refractivity contribution in [1.29, 1.82) is 0 Å². The minimum atomic E-state index is -0.816. The Balaban J connectivity index is 1.78. The van der Waals surface area contributed by atoms with Crippen LogP contribution in [-0.2, 0) is 11.3 Å². The van der Waals surface area contributed by atoms with E-state index in [0.717, 1.165) is 18.4 Å². The van der Waals surface area contributed by atoms with Crippen molar-refractivity contribution in [3.8, 4) is 0 Å². The number of carboxylic acids is 1. The van der Waals surface area contributed by atoms with Gasteiger partial charge in [-0.1, -0.05) is 36.7 Å². The molecule has 1 aromatic rings. The number of hydrogen-bond acceptors (Lipinski definition) is 3. The summed E-state index contributed by atoms with van der Waals surface area (Å²) in [6.45, 7) is 3.15. The highest BCUT2D eigenvalue weighted by molar-refractivity contribution is 6.31. The Labute approximate surface area is 147 Å². The standard InChI is InChI=1S/C17H24ClN3O3/c1-3-21(11-16(22)23)14-8-13(9-14)19-17(24)20(2)10-12-6-4-5-7-15(12)18/h4-7,13-14H,3,8-11H2,1-2H3,(H,19,24)(H,22,23). The molecule has 6 nitrogen and oxygen atoms in total. The smallest absolute Gasteiger partial charge is 0.317 e. The van der Waals surface area contributed by atoms with Gasteiger partial charge in [0, 0.05) is 30.7 Å². The lowest BCUT2D eigenvalue weighted by molar-refractivity contribution is -0.139. The average molecular weight is 354 g/mol. The molecule has 1 fully saturated rings. The van der Waals surface area contributed by atoms with E-state index < -0.39 is 5.97 Å². The minimum absolute atomic E-state index is 0.0498. The summed E-state index contributed by atoms with van der Waals surface area (Å²) in [7, 11) is 1.73. The van der Waals surface area contributed by atoms with E-state index in [0.29, 0.717) is 18.1 Å². The fraction of sp³-hybridized carbons (Fsp3) is 0.529. The molecule has 0 bridgehead atoms. The van der Waals surface area contributed by atoms with Gasteiger partial charge in [0.25, 0.3) is 0 Å². The third kappa shape index (κ3) is 4.85. The monoisotopic (exact) mass is 353 g/mol. The lowest BCUT2D eigenvalue weighted by Crippen LogP contribution is -2.56. The Kier molecular flexibility index (Phi) is 6.45. The number of likely N-dealkylation sites (N-methyl/N-ethyl adjacent to an activating group) is 1. The SMILES string of the molecule is CCN(CC(=O)O)C1CC(NC(=O)N(C)Cc2ccccc2Cl)C1. The van der Waals surface area contributed by atoms with Gasteiger partial charge in [0.1, 0.15) is 0 Å². The van der Waals surface area contributed by atoms with Gasteiger partial charge in [0.2, 0.25) is 0 Å². The number of urea groups is 1. The third-order valence-corrected chi connectivity index (χ3v) is 4.78. The van der Waals surface area contributed by atoms with Crippen molar-refractivity contribution in [2.24, 2.45) is 0 Å². The number of carbonyl (C=O) groups excluding carboxylic acids is 1. The van der Waals surface area contributed by atoms with E-state index in [4.69, 9.17) is 16.7 Å². The van der Waals surface area contributed by atoms with Gasteiger partial charge in [-0.15, -0.1) is 0 Å². The maximum absolute atomic E-state index is 12.2. The maximum atomic E-state index is 12.2. The second kappa shape index (κ2) is 8.35. The van der Waals surface area contributed by atoms with Gasteiger partial charge in [-0.05, 0) is 31.0 Å². The molecule has 132 valence electrons. The van der Waals surface area contributed by atoms with Crippen molar-refractivity contribution < 1.29 is 14.7 Å². The summed E-state index contributed by atoms with van der Waals surface area (Å²) in [6.07, 6.45) is 1.57. The van der Waals surface area contributed by atoms with Crippen LogP contribution in [0.3, 0.4) is 0 Å². The molecule has 0 atom stereocenters. The molecule has 1 saturated carbocycles. The van der Waals surface area contributed by atoms with Crippen LogP contribution in [0.1, 0.15) is 25.3 Å². The normalized spacial score (nSPS) is 19.7. The molecule has 0 saturated heterocycles. The summed E-state index contributed by atoms with van der Waals surface area (Å²) in [5.41, 5.74) is 0.905. The van der Waals surface area contributed by atoms with Gasteiger partial charge in [-0.3, -0.25) is 9.69 Å². The van der Waals surface area contributed by atoms with E-state index in [2.05, 4.69) is 5.32 Å². The number of aliphatic carboxylic acids is 1. The molecule has 2 amide bonds. The van der Waals surface area contributed by atoms with Gasteiger partial charge in [-0.25, -0.2) is 4.79 Å². The molecule has 0 spiro atoms. The van der Waals surface area contributed by atoms with Crippen molar-refractivity contribution in [1.82, 2.24) is 15.1 Å². The highest BCUT2D eigenvalue weighted by Crippen LogP contribution is 2.26. The Morgan fingerprint density at radius 3 is 2.58 bits per heavy atom. The molecule has 24 heavy (non-hydrogen) atoms. The first kappa shape index (κ1) is 18.5. The molecule has 0 aliphatic heterocycles. The number of amides is 2. The van der Waals surface area contributed by atoms with Crippen LogP contribution in [-0.4, -0.2) is 59.1 Å². The lowest BCUT2D eigenvalue weighted by atomic mass is 9.85. The summed E-state index contributed by atoms with van der Waals surface area (Å²) in [6, 6.07) is 7.64. The molecule has 1 aliphatic carbocycles. The number of rotatable bonds is 7. The van der Waals surface area contributed by atoms with Crippen molar-refractivity contribution in [2.45, 2.75) is 38.4 Å². The first-order valence-electron chi connectivity index (χ1n) is 8.11. The highest BCUT2D eigenvalue weighted by Gasteiger charge is 2.35. The number of nitrogens with zero attached hydrogens (tertiary/aromatic N) is 2. The Morgan fingerprint density at radius 2 is 2.00 bits per heavy atom. The molecule has 1 aliphatic rings. The van der Waals surface area contributed by atoms with Crippen molar-refractivity contribution in [3.05, 3.63) is 34.9 Å². The molecule has 7 heteroatoms. The Bertz CT molecular complexity index is 590. The summed E-state index contributed by atoms with van der Waals surface area (Å²) in [4.78, 5) is 26.6. The first-order valence-corrected chi connectivity index (χ1v) is 8.49. The average Bonchev–Trinajstić information content (AvgIpc) is 2.50. The van der Waals surface area contributed by atoms with Gasteiger partial charge >= 0.3 is 12.0 Å². The van der Waals surface area contributed by atoms with Crippen molar-refractivity contribution in [2.75, 3.05) is 20.1 Å². The molecule has 0 unspecified atom stereocenters. The van der Waals surface area contributed by atoms with E-state index in [1.807, 2.05) is 30.0 Å². The molecule has 0 heterocycles. The fourth-order valence-corrected chi connectivity index (χ4v) is 3.11. The highest BCUT2D eigenvalue weighted by atomic mass is 35.5. The summed E-state index contributed by atoms with van der Waals surface area (Å²) in [5.74, 6) is -0.816. The summed E-state index contributed by atoms with van der Waals surface area (Å²) < 4.78 is 0. The maximum Gasteiger partial charge on any atom is 0.317 e. The lowest BCUT2D eigenvalue weighted by Gasteiger charge is -2.42. The Hall–Kier alpha value is -1.79. The molecular formula is C17H24ClN3O3. The van der Waals surface area contributed by atoms with Crippen molar-refractivity contribution >= 4 is 23.6 Å².